The molecule has 7 heteroatoms. The smallest absolute Gasteiger partial charge is 0.319 e. The first-order valence-electron chi connectivity index (χ1n) is 7.79. The van der Waals surface area contributed by atoms with Crippen molar-refractivity contribution in [3.63, 3.8) is 0 Å². The summed E-state index contributed by atoms with van der Waals surface area (Å²) in [5.74, 6) is 1.39. The second kappa shape index (κ2) is 7.02. The molecule has 132 valence electrons. The summed E-state index contributed by atoms with van der Waals surface area (Å²) in [6.07, 6.45) is 0. The van der Waals surface area contributed by atoms with E-state index < -0.39 is 5.54 Å². The van der Waals surface area contributed by atoms with Gasteiger partial charge in [-0.05, 0) is 49.7 Å². The Hall–Kier alpha value is -2.11. The van der Waals surface area contributed by atoms with Crippen molar-refractivity contribution in [2.24, 2.45) is 0 Å². The average molecular weight is 381 g/mol. The second-order valence-corrected chi connectivity index (χ2v) is 7.09. The van der Waals surface area contributed by atoms with E-state index in [9.17, 15) is 4.79 Å². The number of rotatable bonds is 3. The molecule has 0 spiro atoms. The first-order chi connectivity index (χ1) is 11.8. The Labute approximate surface area is 156 Å². The molecule has 2 N–H and O–H groups in total. The van der Waals surface area contributed by atoms with Crippen LogP contribution in [0.2, 0.25) is 10.0 Å². The highest BCUT2D eigenvalue weighted by Gasteiger charge is 2.25. The quantitative estimate of drug-likeness (QED) is 0.801. The Morgan fingerprint density at radius 3 is 2.32 bits per heavy atom. The van der Waals surface area contributed by atoms with Crippen LogP contribution in [-0.4, -0.2) is 19.2 Å². The van der Waals surface area contributed by atoms with Gasteiger partial charge in [0, 0.05) is 15.7 Å². The van der Waals surface area contributed by atoms with Gasteiger partial charge in [-0.3, -0.25) is 0 Å². The molecule has 0 unspecified atom stereocenters. The predicted molar refractivity (Wildman–Crippen MR) is 99.1 cm³/mol. The molecule has 25 heavy (non-hydrogen) atoms. The van der Waals surface area contributed by atoms with Crippen molar-refractivity contribution in [2.45, 2.75) is 19.4 Å². The van der Waals surface area contributed by atoms with Crippen molar-refractivity contribution in [2.75, 3.05) is 18.5 Å². The number of nitrogens with one attached hydrogen (secondary N) is 2. The fourth-order valence-corrected chi connectivity index (χ4v) is 3.10. The number of fused-ring (bicyclic) bond motifs is 1. The monoisotopic (exact) mass is 380 g/mol. The third-order valence-electron chi connectivity index (χ3n) is 3.81. The van der Waals surface area contributed by atoms with Gasteiger partial charge in [0.2, 0.25) is 0 Å². The summed E-state index contributed by atoms with van der Waals surface area (Å²) in [4.78, 5) is 12.3. The number of halogens is 2. The maximum atomic E-state index is 12.3. The van der Waals surface area contributed by atoms with Crippen LogP contribution in [0.3, 0.4) is 0 Å². The van der Waals surface area contributed by atoms with E-state index in [1.807, 2.05) is 32.0 Å². The number of urea groups is 1. The Kier molecular flexibility index (Phi) is 4.97. The Bertz CT molecular complexity index is 789. The average Bonchev–Trinajstić information content (AvgIpc) is 2.52. The summed E-state index contributed by atoms with van der Waals surface area (Å²) in [7, 11) is 0. The lowest BCUT2D eigenvalue weighted by atomic mass is 9.94. The number of hydrogen-bond donors (Lipinski definition) is 2. The largest absolute Gasteiger partial charge is 0.486 e. The molecule has 1 aliphatic rings. The molecule has 0 fully saturated rings. The summed E-state index contributed by atoms with van der Waals surface area (Å²) >= 11 is 11.9. The van der Waals surface area contributed by atoms with Crippen molar-refractivity contribution >= 4 is 34.9 Å². The van der Waals surface area contributed by atoms with Crippen molar-refractivity contribution < 1.29 is 14.3 Å². The van der Waals surface area contributed by atoms with E-state index >= 15 is 0 Å². The van der Waals surface area contributed by atoms with Gasteiger partial charge in [0.05, 0.1) is 5.54 Å². The molecule has 2 aromatic carbocycles. The lowest BCUT2D eigenvalue weighted by Gasteiger charge is -2.28. The van der Waals surface area contributed by atoms with Gasteiger partial charge in [0.15, 0.2) is 11.5 Å². The van der Waals surface area contributed by atoms with E-state index in [4.69, 9.17) is 32.7 Å². The van der Waals surface area contributed by atoms with E-state index in [-0.39, 0.29) is 6.03 Å². The molecule has 5 nitrogen and oxygen atoms in total. The lowest BCUT2D eigenvalue weighted by Crippen LogP contribution is -2.43. The van der Waals surface area contributed by atoms with Gasteiger partial charge in [0.1, 0.15) is 13.2 Å². The Balaban J connectivity index is 1.73. The van der Waals surface area contributed by atoms with Crippen molar-refractivity contribution in [3.05, 3.63) is 52.0 Å². The minimum atomic E-state index is -0.623. The Morgan fingerprint density at radius 1 is 1.00 bits per heavy atom. The van der Waals surface area contributed by atoms with Gasteiger partial charge in [0.25, 0.3) is 0 Å². The van der Waals surface area contributed by atoms with E-state index in [0.717, 1.165) is 5.56 Å². The van der Waals surface area contributed by atoms with Crippen molar-refractivity contribution in [1.82, 2.24) is 5.32 Å². The summed E-state index contributed by atoms with van der Waals surface area (Å²) in [6, 6.07) is 10.1. The van der Waals surface area contributed by atoms with Crippen LogP contribution in [0.4, 0.5) is 10.5 Å². The number of ether oxygens (including phenoxy) is 2. The summed E-state index contributed by atoms with van der Waals surface area (Å²) in [5.41, 5.74) is 0.798. The van der Waals surface area contributed by atoms with E-state index in [0.29, 0.717) is 40.4 Å². The molecule has 1 heterocycles. The maximum Gasteiger partial charge on any atom is 0.319 e. The van der Waals surface area contributed by atoms with Gasteiger partial charge in [-0.2, -0.15) is 0 Å². The van der Waals surface area contributed by atoms with Crippen LogP contribution in [-0.2, 0) is 5.54 Å². The van der Waals surface area contributed by atoms with Crippen LogP contribution in [0.1, 0.15) is 19.4 Å². The van der Waals surface area contributed by atoms with Crippen LogP contribution >= 0.6 is 23.2 Å². The fourth-order valence-electron chi connectivity index (χ4n) is 2.58. The van der Waals surface area contributed by atoms with E-state index in [2.05, 4.69) is 10.6 Å². The van der Waals surface area contributed by atoms with Crippen LogP contribution in [0.15, 0.2) is 36.4 Å². The van der Waals surface area contributed by atoms with E-state index in [1.165, 1.54) is 0 Å². The fraction of sp³-hybridized carbons (Fsp3) is 0.278. The highest BCUT2D eigenvalue weighted by atomic mass is 35.5. The number of amides is 2. The molecular formula is C18H18Cl2N2O3. The number of carbonyl (C=O) groups is 1. The first-order valence-corrected chi connectivity index (χ1v) is 8.54. The zero-order valence-electron chi connectivity index (χ0n) is 13.9. The predicted octanol–water partition coefficient (Wildman–Crippen LogP) is 4.82. The SMILES string of the molecule is CC(C)(NC(=O)Nc1cc(Cl)cc(Cl)c1)c1ccc2c(c1)OCCO2. The van der Waals surface area contributed by atoms with Gasteiger partial charge in [-0.15, -0.1) is 0 Å². The van der Waals surface area contributed by atoms with Gasteiger partial charge < -0.3 is 20.1 Å². The molecule has 0 bridgehead atoms. The zero-order valence-corrected chi connectivity index (χ0v) is 15.4. The van der Waals surface area contributed by atoms with Crippen LogP contribution in [0.5, 0.6) is 11.5 Å². The van der Waals surface area contributed by atoms with Gasteiger partial charge in [-0.25, -0.2) is 4.79 Å². The van der Waals surface area contributed by atoms with Crippen molar-refractivity contribution in [3.8, 4) is 11.5 Å². The number of benzene rings is 2. The van der Waals surface area contributed by atoms with Gasteiger partial charge in [-0.1, -0.05) is 29.3 Å². The van der Waals surface area contributed by atoms with Crippen LogP contribution < -0.4 is 20.1 Å². The molecule has 1 aliphatic heterocycles. The maximum absolute atomic E-state index is 12.3. The molecule has 0 saturated carbocycles. The summed E-state index contributed by atoms with van der Waals surface area (Å²) < 4.78 is 11.1. The molecule has 2 aromatic rings. The number of anilines is 1. The number of carbonyl (C=O) groups excluding carboxylic acids is 1. The van der Waals surface area contributed by atoms with Crippen LogP contribution in [0, 0.1) is 0 Å². The first kappa shape index (κ1) is 17.7. The summed E-state index contributed by atoms with van der Waals surface area (Å²) in [6.45, 7) is 4.87. The van der Waals surface area contributed by atoms with Crippen molar-refractivity contribution in [1.29, 1.82) is 0 Å². The van der Waals surface area contributed by atoms with E-state index in [1.54, 1.807) is 18.2 Å². The normalized spacial score (nSPS) is 13.3. The summed E-state index contributed by atoms with van der Waals surface area (Å²) in [5, 5.41) is 6.58. The third-order valence-corrected chi connectivity index (χ3v) is 4.25. The van der Waals surface area contributed by atoms with Gasteiger partial charge >= 0.3 is 6.03 Å². The Morgan fingerprint density at radius 2 is 1.64 bits per heavy atom. The second-order valence-electron chi connectivity index (χ2n) is 6.22. The minimum absolute atomic E-state index is 0.363. The van der Waals surface area contributed by atoms with Crippen LogP contribution in [0.25, 0.3) is 0 Å². The highest BCUT2D eigenvalue weighted by molar-refractivity contribution is 6.35. The highest BCUT2D eigenvalue weighted by Crippen LogP contribution is 2.34. The topological polar surface area (TPSA) is 59.6 Å². The molecular weight excluding hydrogens is 363 g/mol. The lowest BCUT2D eigenvalue weighted by molar-refractivity contribution is 0.171. The molecule has 3 rings (SSSR count). The molecule has 0 radical (unpaired) electrons. The zero-order chi connectivity index (χ0) is 18.0. The molecule has 0 aromatic heterocycles. The standard InChI is InChI=1S/C18H18Cl2N2O3/c1-18(2,11-3-4-15-16(7-11)25-6-5-24-15)22-17(23)21-14-9-12(19)8-13(20)10-14/h3-4,7-10H,5-6H2,1-2H3,(H2,21,22,23). The number of hydrogen-bond acceptors (Lipinski definition) is 3. The third kappa shape index (κ3) is 4.30. The molecule has 2 amide bonds. The minimum Gasteiger partial charge on any atom is -0.486 e. The molecule has 0 atom stereocenters. The molecule has 0 aliphatic carbocycles. The molecule has 0 saturated heterocycles.